The summed E-state index contributed by atoms with van der Waals surface area (Å²) in [7, 11) is 0. The molecular formula is C16H28N2O2. The van der Waals surface area contributed by atoms with Gasteiger partial charge in [0.2, 0.25) is 11.8 Å². The van der Waals surface area contributed by atoms with E-state index in [1.54, 1.807) is 0 Å². The van der Waals surface area contributed by atoms with Crippen molar-refractivity contribution < 1.29 is 9.59 Å². The molecule has 0 aromatic heterocycles. The number of carbonyl (C=O) groups is 2. The minimum atomic E-state index is -0.222. The maximum Gasteiger partial charge on any atom is 0.222 e. The molecule has 4 heteroatoms. The zero-order valence-corrected chi connectivity index (χ0v) is 12.5. The number of carbonyl (C=O) groups excluding carboxylic acids is 2. The van der Waals surface area contributed by atoms with Crippen molar-refractivity contribution in [1.29, 1.82) is 0 Å². The first-order valence-electron chi connectivity index (χ1n) is 8.23. The number of hydrogen-bond acceptors (Lipinski definition) is 2. The first-order valence-corrected chi connectivity index (χ1v) is 8.23. The summed E-state index contributed by atoms with van der Waals surface area (Å²) in [5, 5.41) is 0. The number of fused-ring (bicyclic) bond motifs is 1. The number of amides is 2. The Morgan fingerprint density at radius 3 is 2.00 bits per heavy atom. The predicted octanol–water partition coefficient (Wildman–Crippen LogP) is 2.46. The molecule has 20 heavy (non-hydrogen) atoms. The van der Waals surface area contributed by atoms with Crippen molar-refractivity contribution >= 4 is 11.8 Å². The van der Waals surface area contributed by atoms with Gasteiger partial charge in [0.25, 0.3) is 0 Å². The van der Waals surface area contributed by atoms with Crippen LogP contribution >= 0.6 is 0 Å². The van der Waals surface area contributed by atoms with E-state index < -0.39 is 0 Å². The summed E-state index contributed by atoms with van der Waals surface area (Å²) in [4.78, 5) is 24.9. The van der Waals surface area contributed by atoms with Gasteiger partial charge in [0, 0.05) is 25.9 Å². The smallest absolute Gasteiger partial charge is 0.222 e. The first-order chi connectivity index (χ1) is 9.66. The number of hydrogen-bond donors (Lipinski definition) is 1. The van der Waals surface area contributed by atoms with E-state index in [0.29, 0.717) is 18.7 Å². The molecule has 1 heterocycles. The first kappa shape index (κ1) is 15.3. The summed E-state index contributed by atoms with van der Waals surface area (Å²) >= 11 is 0. The van der Waals surface area contributed by atoms with Gasteiger partial charge in [-0.1, -0.05) is 25.7 Å². The van der Waals surface area contributed by atoms with Gasteiger partial charge in [-0.3, -0.25) is 9.59 Å². The molecule has 0 aromatic carbocycles. The second-order valence-corrected chi connectivity index (χ2v) is 6.48. The molecule has 1 saturated carbocycles. The fraction of sp³-hybridized carbons (Fsp3) is 0.875. The molecule has 2 atom stereocenters. The fourth-order valence-corrected chi connectivity index (χ4v) is 3.70. The zero-order chi connectivity index (χ0) is 14.4. The SMILES string of the molecule is NC(=O)CCCCCCC(=O)N1CC2CCCCC2C1. The van der Waals surface area contributed by atoms with Crippen molar-refractivity contribution in [2.75, 3.05) is 13.1 Å². The quantitative estimate of drug-likeness (QED) is 0.728. The topological polar surface area (TPSA) is 63.4 Å². The molecule has 114 valence electrons. The second-order valence-electron chi connectivity index (χ2n) is 6.48. The summed E-state index contributed by atoms with van der Waals surface area (Å²) in [6.07, 6.45) is 10.3. The van der Waals surface area contributed by atoms with Crippen molar-refractivity contribution in [3.8, 4) is 0 Å². The average molecular weight is 280 g/mol. The van der Waals surface area contributed by atoms with Crippen LogP contribution in [0.4, 0.5) is 0 Å². The summed E-state index contributed by atoms with van der Waals surface area (Å²) in [5.41, 5.74) is 5.10. The number of nitrogens with zero attached hydrogens (tertiary/aromatic N) is 1. The second kappa shape index (κ2) is 7.65. The van der Waals surface area contributed by atoms with E-state index >= 15 is 0 Å². The monoisotopic (exact) mass is 280 g/mol. The molecule has 0 bridgehead atoms. The summed E-state index contributed by atoms with van der Waals surface area (Å²) in [5.74, 6) is 1.68. The standard InChI is InChI=1S/C16H28N2O2/c17-15(19)9-3-1-2-4-10-16(20)18-11-13-7-5-6-8-14(13)12-18/h13-14H,1-12H2,(H2,17,19). The summed E-state index contributed by atoms with van der Waals surface area (Å²) in [6, 6.07) is 0. The Hall–Kier alpha value is -1.06. The zero-order valence-electron chi connectivity index (χ0n) is 12.5. The minimum Gasteiger partial charge on any atom is -0.370 e. The lowest BCUT2D eigenvalue weighted by atomic mass is 9.82. The molecule has 2 fully saturated rings. The minimum absolute atomic E-state index is 0.222. The molecule has 2 unspecified atom stereocenters. The van der Waals surface area contributed by atoms with Crippen molar-refractivity contribution in [1.82, 2.24) is 4.90 Å². The Kier molecular flexibility index (Phi) is 5.86. The molecule has 2 amide bonds. The fourth-order valence-electron chi connectivity index (χ4n) is 3.70. The lowest BCUT2D eigenvalue weighted by Gasteiger charge is -2.22. The number of rotatable bonds is 7. The van der Waals surface area contributed by atoms with E-state index in [0.717, 1.165) is 50.6 Å². The van der Waals surface area contributed by atoms with Crippen molar-refractivity contribution in [3.63, 3.8) is 0 Å². The highest BCUT2D eigenvalue weighted by Gasteiger charge is 2.35. The van der Waals surface area contributed by atoms with Gasteiger partial charge in [0.05, 0.1) is 0 Å². The van der Waals surface area contributed by atoms with Crippen LogP contribution < -0.4 is 5.73 Å². The third-order valence-corrected chi connectivity index (χ3v) is 4.89. The molecule has 4 nitrogen and oxygen atoms in total. The normalized spacial score (nSPS) is 25.5. The van der Waals surface area contributed by atoms with E-state index in [2.05, 4.69) is 4.90 Å². The molecule has 0 aromatic rings. The third kappa shape index (κ3) is 4.50. The molecule has 1 aliphatic carbocycles. The van der Waals surface area contributed by atoms with Crippen molar-refractivity contribution in [2.24, 2.45) is 17.6 Å². The largest absolute Gasteiger partial charge is 0.370 e. The highest BCUT2D eigenvalue weighted by atomic mass is 16.2. The van der Waals surface area contributed by atoms with Crippen molar-refractivity contribution in [3.05, 3.63) is 0 Å². The van der Waals surface area contributed by atoms with Crippen LogP contribution in [0, 0.1) is 11.8 Å². The van der Waals surface area contributed by atoms with Crippen LogP contribution in [0.3, 0.4) is 0 Å². The van der Waals surface area contributed by atoms with E-state index in [1.807, 2.05) is 0 Å². The van der Waals surface area contributed by atoms with Crippen LogP contribution in [0.2, 0.25) is 0 Å². The van der Waals surface area contributed by atoms with E-state index in [9.17, 15) is 9.59 Å². The number of unbranched alkanes of at least 4 members (excludes halogenated alkanes) is 3. The van der Waals surface area contributed by atoms with Crippen LogP contribution in [-0.2, 0) is 9.59 Å². The Balaban J connectivity index is 1.57. The Morgan fingerprint density at radius 2 is 1.45 bits per heavy atom. The van der Waals surface area contributed by atoms with E-state index in [-0.39, 0.29) is 5.91 Å². The highest BCUT2D eigenvalue weighted by Crippen LogP contribution is 2.36. The van der Waals surface area contributed by atoms with Gasteiger partial charge in [-0.2, -0.15) is 0 Å². The maximum atomic E-state index is 12.2. The van der Waals surface area contributed by atoms with Crippen LogP contribution in [0.25, 0.3) is 0 Å². The van der Waals surface area contributed by atoms with E-state index in [1.165, 1.54) is 25.7 Å². The average Bonchev–Trinajstić information content (AvgIpc) is 2.86. The molecule has 1 aliphatic heterocycles. The molecule has 2 rings (SSSR count). The van der Waals surface area contributed by atoms with Crippen LogP contribution in [0.15, 0.2) is 0 Å². The number of likely N-dealkylation sites (tertiary alicyclic amines) is 1. The van der Waals surface area contributed by atoms with Gasteiger partial charge in [-0.05, 0) is 37.5 Å². The summed E-state index contributed by atoms with van der Waals surface area (Å²) in [6.45, 7) is 2.01. The Bertz CT molecular complexity index is 329. The Morgan fingerprint density at radius 1 is 0.900 bits per heavy atom. The van der Waals surface area contributed by atoms with Gasteiger partial charge in [0.1, 0.15) is 0 Å². The van der Waals surface area contributed by atoms with Gasteiger partial charge >= 0.3 is 0 Å². The summed E-state index contributed by atoms with van der Waals surface area (Å²) < 4.78 is 0. The van der Waals surface area contributed by atoms with E-state index in [4.69, 9.17) is 5.73 Å². The van der Waals surface area contributed by atoms with Gasteiger partial charge in [-0.15, -0.1) is 0 Å². The van der Waals surface area contributed by atoms with Gasteiger partial charge in [-0.25, -0.2) is 0 Å². The number of nitrogens with two attached hydrogens (primary N) is 1. The predicted molar refractivity (Wildman–Crippen MR) is 78.9 cm³/mol. The molecule has 2 aliphatic rings. The lowest BCUT2D eigenvalue weighted by molar-refractivity contribution is -0.130. The molecule has 2 N–H and O–H groups in total. The molecule has 0 spiro atoms. The van der Waals surface area contributed by atoms with Crippen LogP contribution in [0.5, 0.6) is 0 Å². The molecular weight excluding hydrogens is 252 g/mol. The molecule has 0 radical (unpaired) electrons. The Labute approximate surface area is 122 Å². The van der Waals surface area contributed by atoms with Crippen LogP contribution in [-0.4, -0.2) is 29.8 Å². The third-order valence-electron chi connectivity index (χ3n) is 4.89. The van der Waals surface area contributed by atoms with Crippen LogP contribution in [0.1, 0.15) is 64.2 Å². The van der Waals surface area contributed by atoms with Gasteiger partial charge in [0.15, 0.2) is 0 Å². The van der Waals surface area contributed by atoms with Crippen molar-refractivity contribution in [2.45, 2.75) is 64.2 Å². The van der Waals surface area contributed by atoms with Gasteiger partial charge < -0.3 is 10.6 Å². The molecule has 1 saturated heterocycles. The number of primary amides is 1. The lowest BCUT2D eigenvalue weighted by Crippen LogP contribution is -2.28. The maximum absolute atomic E-state index is 12.2. The highest BCUT2D eigenvalue weighted by molar-refractivity contribution is 5.76.